The third-order valence-electron chi connectivity index (χ3n) is 2.39. The van der Waals surface area contributed by atoms with E-state index in [9.17, 15) is 19.2 Å². The molecule has 124 valence electrons. The molecule has 0 N–H and O–H groups in total. The second-order valence-corrected chi connectivity index (χ2v) is 4.53. The molecule has 0 atom stereocenters. The van der Waals surface area contributed by atoms with Crippen molar-refractivity contribution in [3.05, 3.63) is 11.6 Å². The maximum Gasteiger partial charge on any atom is 0.308 e. The van der Waals surface area contributed by atoms with E-state index in [-0.39, 0.29) is 28.6 Å². The van der Waals surface area contributed by atoms with Crippen LogP contribution in [-0.2, 0) is 19.2 Å². The lowest BCUT2D eigenvalue weighted by Gasteiger charge is -2.17. The fourth-order valence-electron chi connectivity index (χ4n) is 1.73. The molecule has 8 heteroatoms. The first-order valence-electron chi connectivity index (χ1n) is 6.53. The molecular formula is C15H16O8. The van der Waals surface area contributed by atoms with Gasteiger partial charge in [0.25, 0.3) is 0 Å². The average molecular weight is 324 g/mol. The predicted molar refractivity (Wildman–Crippen MR) is 76.4 cm³/mol. The number of carbonyl (C=O) groups excluding carboxylic acids is 4. The minimum atomic E-state index is -0.674. The largest absolute Gasteiger partial charge is 0.423 e. The molecule has 8 nitrogen and oxygen atoms in total. The summed E-state index contributed by atoms with van der Waals surface area (Å²) in [6.07, 6.45) is 0. The van der Waals surface area contributed by atoms with Gasteiger partial charge in [0.05, 0.1) is 0 Å². The first kappa shape index (κ1) is 18.1. The minimum absolute atomic E-state index is 0.111. The van der Waals surface area contributed by atoms with E-state index in [4.69, 9.17) is 18.9 Å². The lowest BCUT2D eigenvalue weighted by atomic mass is 10.1. The van der Waals surface area contributed by atoms with E-state index in [1.54, 1.807) is 0 Å². The Kier molecular flexibility index (Phi) is 5.83. The number of ether oxygens (including phenoxy) is 4. The summed E-state index contributed by atoms with van der Waals surface area (Å²) in [5.41, 5.74) is 0.158. The Morgan fingerprint density at radius 3 is 1.22 bits per heavy atom. The Hall–Kier alpha value is -2.90. The molecule has 0 amide bonds. The van der Waals surface area contributed by atoms with E-state index in [0.29, 0.717) is 0 Å². The van der Waals surface area contributed by atoms with E-state index in [0.717, 1.165) is 33.8 Å². The normalized spacial score (nSPS) is 9.78. The number of esters is 4. The van der Waals surface area contributed by atoms with Crippen LogP contribution in [0.25, 0.3) is 0 Å². The lowest BCUT2D eigenvalue weighted by molar-refractivity contribution is -0.135. The highest BCUT2D eigenvalue weighted by molar-refractivity contribution is 5.80. The van der Waals surface area contributed by atoms with Crippen LogP contribution in [-0.4, -0.2) is 23.9 Å². The molecular weight excluding hydrogens is 308 g/mol. The highest BCUT2D eigenvalue weighted by atomic mass is 16.6. The highest BCUT2D eigenvalue weighted by Gasteiger charge is 2.24. The molecule has 0 radical (unpaired) electrons. The number of benzene rings is 1. The minimum Gasteiger partial charge on any atom is -0.423 e. The van der Waals surface area contributed by atoms with E-state index in [1.165, 1.54) is 6.92 Å². The van der Waals surface area contributed by atoms with Gasteiger partial charge in [0.1, 0.15) is 0 Å². The molecule has 0 heterocycles. The van der Waals surface area contributed by atoms with Crippen LogP contribution in [0.3, 0.4) is 0 Å². The van der Waals surface area contributed by atoms with Crippen LogP contribution >= 0.6 is 0 Å². The van der Waals surface area contributed by atoms with Crippen molar-refractivity contribution in [1.82, 2.24) is 0 Å². The van der Waals surface area contributed by atoms with Crippen LogP contribution in [0.1, 0.15) is 33.3 Å². The lowest BCUT2D eigenvalue weighted by Crippen LogP contribution is -2.13. The summed E-state index contributed by atoms with van der Waals surface area (Å²) in [6, 6.07) is 1.13. The van der Waals surface area contributed by atoms with Crippen LogP contribution < -0.4 is 18.9 Å². The van der Waals surface area contributed by atoms with Gasteiger partial charge in [-0.25, -0.2) is 0 Å². The molecule has 0 aliphatic heterocycles. The van der Waals surface area contributed by atoms with Crippen LogP contribution in [0.2, 0.25) is 0 Å². The van der Waals surface area contributed by atoms with Gasteiger partial charge in [0, 0.05) is 39.3 Å². The molecule has 0 spiro atoms. The Morgan fingerprint density at radius 2 is 0.957 bits per heavy atom. The second-order valence-electron chi connectivity index (χ2n) is 4.53. The number of hydrogen-bond acceptors (Lipinski definition) is 8. The van der Waals surface area contributed by atoms with Gasteiger partial charge in [-0.05, 0) is 6.92 Å². The summed E-state index contributed by atoms with van der Waals surface area (Å²) in [5.74, 6) is -3.20. The van der Waals surface area contributed by atoms with E-state index < -0.39 is 23.9 Å². The summed E-state index contributed by atoms with van der Waals surface area (Å²) in [5, 5.41) is 0. The van der Waals surface area contributed by atoms with Crippen LogP contribution in [0, 0.1) is 6.92 Å². The molecule has 23 heavy (non-hydrogen) atoms. The van der Waals surface area contributed by atoms with Gasteiger partial charge < -0.3 is 18.9 Å². The van der Waals surface area contributed by atoms with Crippen molar-refractivity contribution in [3.8, 4) is 23.0 Å². The van der Waals surface area contributed by atoms with Crippen molar-refractivity contribution in [1.29, 1.82) is 0 Å². The summed E-state index contributed by atoms with van der Waals surface area (Å²) in [4.78, 5) is 44.9. The zero-order valence-corrected chi connectivity index (χ0v) is 13.3. The average Bonchev–Trinajstić information content (AvgIpc) is 2.37. The molecule has 0 bridgehead atoms. The molecule has 0 aromatic heterocycles. The third kappa shape index (κ3) is 5.10. The topological polar surface area (TPSA) is 105 Å². The third-order valence-corrected chi connectivity index (χ3v) is 2.39. The van der Waals surface area contributed by atoms with Crippen molar-refractivity contribution in [2.75, 3.05) is 0 Å². The number of rotatable bonds is 4. The van der Waals surface area contributed by atoms with Gasteiger partial charge in [-0.2, -0.15) is 0 Å². The van der Waals surface area contributed by atoms with E-state index in [2.05, 4.69) is 0 Å². The zero-order chi connectivity index (χ0) is 17.7. The van der Waals surface area contributed by atoms with Crippen LogP contribution in [0.15, 0.2) is 6.07 Å². The maximum absolute atomic E-state index is 11.2. The molecule has 1 rings (SSSR count). The molecule has 0 unspecified atom stereocenters. The van der Waals surface area contributed by atoms with Crippen molar-refractivity contribution in [2.45, 2.75) is 34.6 Å². The summed E-state index contributed by atoms with van der Waals surface area (Å²) in [7, 11) is 0. The van der Waals surface area contributed by atoms with Gasteiger partial charge in [-0.1, -0.05) is 0 Å². The van der Waals surface area contributed by atoms with Crippen molar-refractivity contribution in [2.24, 2.45) is 0 Å². The van der Waals surface area contributed by atoms with Crippen molar-refractivity contribution >= 4 is 23.9 Å². The summed E-state index contributed by atoms with van der Waals surface area (Å²) < 4.78 is 19.9. The first-order valence-corrected chi connectivity index (χ1v) is 6.53. The predicted octanol–water partition coefficient (Wildman–Crippen LogP) is 1.70. The SMILES string of the molecule is CC(=O)Oc1cc(OC(C)=O)c(OC(C)=O)c(C)c1OC(C)=O. The second kappa shape index (κ2) is 7.39. The molecule has 0 aliphatic carbocycles. The van der Waals surface area contributed by atoms with Crippen LogP contribution in [0.5, 0.6) is 23.0 Å². The van der Waals surface area contributed by atoms with Gasteiger partial charge in [0.2, 0.25) is 0 Å². The molecule has 0 saturated heterocycles. The smallest absolute Gasteiger partial charge is 0.308 e. The Morgan fingerprint density at radius 1 is 0.652 bits per heavy atom. The van der Waals surface area contributed by atoms with Gasteiger partial charge >= 0.3 is 23.9 Å². The van der Waals surface area contributed by atoms with Crippen molar-refractivity contribution in [3.63, 3.8) is 0 Å². The van der Waals surface area contributed by atoms with E-state index in [1.807, 2.05) is 0 Å². The number of hydrogen-bond donors (Lipinski definition) is 0. The van der Waals surface area contributed by atoms with Crippen molar-refractivity contribution < 1.29 is 38.1 Å². The zero-order valence-electron chi connectivity index (χ0n) is 13.3. The van der Waals surface area contributed by atoms with Gasteiger partial charge in [-0.15, -0.1) is 0 Å². The first-order chi connectivity index (χ1) is 10.6. The fourth-order valence-corrected chi connectivity index (χ4v) is 1.73. The standard InChI is InChI=1S/C15H16O8/c1-7-14(22-10(4)18)12(20-8(2)16)6-13(21-9(3)17)15(7)23-11(5)19/h6H,1-5H3. The number of carbonyl (C=O) groups is 4. The monoisotopic (exact) mass is 324 g/mol. The summed E-state index contributed by atoms with van der Waals surface area (Å²) >= 11 is 0. The molecule has 1 aromatic rings. The van der Waals surface area contributed by atoms with Gasteiger partial charge in [0.15, 0.2) is 23.0 Å². The maximum atomic E-state index is 11.2. The highest BCUT2D eigenvalue weighted by Crippen LogP contribution is 2.44. The van der Waals surface area contributed by atoms with Crippen LogP contribution in [0.4, 0.5) is 0 Å². The fraction of sp³-hybridized carbons (Fsp3) is 0.333. The molecule has 0 aliphatic rings. The van der Waals surface area contributed by atoms with Gasteiger partial charge in [-0.3, -0.25) is 19.2 Å². The quantitative estimate of drug-likeness (QED) is 0.608. The Balaban J connectivity index is 3.58. The molecule has 1 aromatic carbocycles. The molecule has 0 fully saturated rings. The summed E-state index contributed by atoms with van der Waals surface area (Å²) in [6.45, 7) is 6.07. The van der Waals surface area contributed by atoms with E-state index >= 15 is 0 Å². The Bertz CT molecular complexity index is 620. The Labute approximate surface area is 132 Å². The molecule has 0 saturated carbocycles.